The van der Waals surface area contributed by atoms with Crippen molar-refractivity contribution in [1.29, 1.82) is 0 Å². The first-order chi connectivity index (χ1) is 8.13. The number of hydrogen-bond acceptors (Lipinski definition) is 3. The molecule has 0 saturated heterocycles. The van der Waals surface area contributed by atoms with Crippen LogP contribution < -0.4 is 5.32 Å². The van der Waals surface area contributed by atoms with Gasteiger partial charge in [-0.15, -0.1) is 5.10 Å². The molecule has 2 aromatic rings. The average Bonchev–Trinajstić information content (AvgIpc) is 2.69. The van der Waals surface area contributed by atoms with Crippen LogP contribution in [-0.2, 0) is 7.05 Å². The van der Waals surface area contributed by atoms with Crippen molar-refractivity contribution in [2.24, 2.45) is 7.05 Å². The lowest BCUT2D eigenvalue weighted by molar-refractivity contribution is 0.598. The molecular formula is C12H15ClN4. The van der Waals surface area contributed by atoms with Crippen LogP contribution in [0, 0.1) is 6.92 Å². The van der Waals surface area contributed by atoms with Crippen LogP contribution >= 0.6 is 11.6 Å². The SMILES string of the molecule is CNC(c1ccc(C)cc1Cl)c1cnnn1C. The van der Waals surface area contributed by atoms with Crippen LogP contribution in [0.4, 0.5) is 0 Å². The molecule has 5 heteroatoms. The molecule has 1 aromatic carbocycles. The van der Waals surface area contributed by atoms with Gasteiger partial charge in [-0.05, 0) is 31.2 Å². The van der Waals surface area contributed by atoms with Gasteiger partial charge in [0.2, 0.25) is 0 Å². The topological polar surface area (TPSA) is 42.7 Å². The van der Waals surface area contributed by atoms with Crippen molar-refractivity contribution in [2.45, 2.75) is 13.0 Å². The van der Waals surface area contributed by atoms with Crippen molar-refractivity contribution in [3.8, 4) is 0 Å². The molecule has 1 heterocycles. The molecule has 2 rings (SSSR count). The normalized spacial score (nSPS) is 12.7. The van der Waals surface area contributed by atoms with Gasteiger partial charge in [0.15, 0.2) is 0 Å². The van der Waals surface area contributed by atoms with Crippen molar-refractivity contribution < 1.29 is 0 Å². The minimum Gasteiger partial charge on any atom is -0.308 e. The summed E-state index contributed by atoms with van der Waals surface area (Å²) < 4.78 is 1.75. The summed E-state index contributed by atoms with van der Waals surface area (Å²) in [6.07, 6.45) is 1.75. The quantitative estimate of drug-likeness (QED) is 0.907. The van der Waals surface area contributed by atoms with Crippen LogP contribution in [0.15, 0.2) is 24.4 Å². The molecule has 17 heavy (non-hydrogen) atoms. The number of nitrogens with one attached hydrogen (secondary N) is 1. The number of aromatic nitrogens is 3. The van der Waals surface area contributed by atoms with E-state index in [1.54, 1.807) is 10.9 Å². The fraction of sp³-hybridized carbons (Fsp3) is 0.333. The molecule has 0 radical (unpaired) electrons. The predicted octanol–water partition coefficient (Wildman–Crippen LogP) is 2.09. The number of aryl methyl sites for hydroxylation is 2. The lowest BCUT2D eigenvalue weighted by Gasteiger charge is -2.18. The zero-order valence-electron chi connectivity index (χ0n) is 10.1. The third-order valence-corrected chi connectivity index (χ3v) is 3.13. The van der Waals surface area contributed by atoms with E-state index in [-0.39, 0.29) is 6.04 Å². The summed E-state index contributed by atoms with van der Waals surface area (Å²) in [6, 6.07) is 6.05. The number of rotatable bonds is 3. The maximum atomic E-state index is 6.28. The van der Waals surface area contributed by atoms with Gasteiger partial charge in [-0.25, -0.2) is 0 Å². The van der Waals surface area contributed by atoms with E-state index in [1.807, 2.05) is 33.2 Å². The van der Waals surface area contributed by atoms with Crippen LogP contribution in [0.25, 0.3) is 0 Å². The summed E-state index contributed by atoms with van der Waals surface area (Å²) >= 11 is 6.28. The van der Waals surface area contributed by atoms with Gasteiger partial charge >= 0.3 is 0 Å². The number of hydrogen-bond donors (Lipinski definition) is 1. The summed E-state index contributed by atoms with van der Waals surface area (Å²) in [5.41, 5.74) is 3.17. The molecule has 1 atom stereocenters. The van der Waals surface area contributed by atoms with Gasteiger partial charge < -0.3 is 5.32 Å². The van der Waals surface area contributed by atoms with Gasteiger partial charge in [0.1, 0.15) is 0 Å². The first-order valence-electron chi connectivity index (χ1n) is 5.41. The smallest absolute Gasteiger partial charge is 0.0799 e. The van der Waals surface area contributed by atoms with Gasteiger partial charge in [0, 0.05) is 12.1 Å². The van der Waals surface area contributed by atoms with Gasteiger partial charge in [-0.3, -0.25) is 4.68 Å². The molecule has 4 nitrogen and oxygen atoms in total. The van der Waals surface area contributed by atoms with Crippen molar-refractivity contribution in [3.63, 3.8) is 0 Å². The Bertz CT molecular complexity index is 521. The molecule has 0 aliphatic carbocycles. The predicted molar refractivity (Wildman–Crippen MR) is 68.1 cm³/mol. The second-order valence-electron chi connectivity index (χ2n) is 4.03. The summed E-state index contributed by atoms with van der Waals surface area (Å²) in [7, 11) is 3.77. The third kappa shape index (κ3) is 2.33. The third-order valence-electron chi connectivity index (χ3n) is 2.80. The number of halogens is 1. The lowest BCUT2D eigenvalue weighted by atomic mass is 10.0. The van der Waals surface area contributed by atoms with E-state index in [9.17, 15) is 0 Å². The molecular weight excluding hydrogens is 236 g/mol. The van der Waals surface area contributed by atoms with E-state index < -0.39 is 0 Å². The fourth-order valence-corrected chi connectivity index (χ4v) is 2.23. The number of nitrogens with zero attached hydrogens (tertiary/aromatic N) is 3. The minimum atomic E-state index is 0.00287. The van der Waals surface area contributed by atoms with Crippen LogP contribution in [0.1, 0.15) is 22.9 Å². The summed E-state index contributed by atoms with van der Waals surface area (Å²) in [5.74, 6) is 0. The van der Waals surface area contributed by atoms with E-state index >= 15 is 0 Å². The molecule has 0 saturated carbocycles. The maximum Gasteiger partial charge on any atom is 0.0799 e. The Morgan fingerprint density at radius 1 is 1.41 bits per heavy atom. The Kier molecular flexibility index (Phi) is 3.45. The van der Waals surface area contributed by atoms with E-state index in [4.69, 9.17) is 11.6 Å². The lowest BCUT2D eigenvalue weighted by Crippen LogP contribution is -2.21. The van der Waals surface area contributed by atoms with E-state index in [2.05, 4.69) is 21.7 Å². The van der Waals surface area contributed by atoms with Gasteiger partial charge in [0.25, 0.3) is 0 Å². The first-order valence-corrected chi connectivity index (χ1v) is 5.79. The highest BCUT2D eigenvalue weighted by molar-refractivity contribution is 6.31. The molecule has 0 bridgehead atoms. The second kappa shape index (κ2) is 4.85. The second-order valence-corrected chi connectivity index (χ2v) is 4.44. The Morgan fingerprint density at radius 2 is 2.18 bits per heavy atom. The molecule has 0 amide bonds. The summed E-state index contributed by atoms with van der Waals surface area (Å²) in [5, 5.41) is 11.8. The fourth-order valence-electron chi connectivity index (χ4n) is 1.89. The standard InChI is InChI=1S/C12H15ClN4/c1-8-4-5-9(10(13)6-8)12(14-2)11-7-15-16-17(11)3/h4-7,12,14H,1-3H3. The molecule has 0 aliphatic heterocycles. The first kappa shape index (κ1) is 12.1. The highest BCUT2D eigenvalue weighted by atomic mass is 35.5. The molecule has 0 spiro atoms. The van der Waals surface area contributed by atoms with Gasteiger partial charge in [-0.1, -0.05) is 28.9 Å². The molecule has 0 aliphatic rings. The van der Waals surface area contributed by atoms with Crippen molar-refractivity contribution in [3.05, 3.63) is 46.2 Å². The van der Waals surface area contributed by atoms with Gasteiger partial charge in [-0.2, -0.15) is 0 Å². The van der Waals surface area contributed by atoms with Crippen molar-refractivity contribution >= 4 is 11.6 Å². The van der Waals surface area contributed by atoms with Crippen LogP contribution in [-0.4, -0.2) is 22.0 Å². The molecule has 1 aromatic heterocycles. The monoisotopic (exact) mass is 250 g/mol. The van der Waals surface area contributed by atoms with Crippen molar-refractivity contribution in [2.75, 3.05) is 7.05 Å². The largest absolute Gasteiger partial charge is 0.308 e. The Balaban J connectivity index is 2.46. The summed E-state index contributed by atoms with van der Waals surface area (Å²) in [6.45, 7) is 2.02. The van der Waals surface area contributed by atoms with E-state index in [1.165, 1.54) is 0 Å². The van der Waals surface area contributed by atoms with E-state index in [0.29, 0.717) is 0 Å². The zero-order chi connectivity index (χ0) is 12.4. The highest BCUT2D eigenvalue weighted by Crippen LogP contribution is 2.28. The van der Waals surface area contributed by atoms with Crippen LogP contribution in [0.2, 0.25) is 5.02 Å². The summed E-state index contributed by atoms with van der Waals surface area (Å²) in [4.78, 5) is 0. The van der Waals surface area contributed by atoms with Gasteiger partial charge in [0.05, 0.1) is 17.9 Å². The maximum absolute atomic E-state index is 6.28. The Labute approximate surface area is 106 Å². The number of benzene rings is 1. The molecule has 90 valence electrons. The molecule has 0 fully saturated rings. The van der Waals surface area contributed by atoms with Crippen LogP contribution in [0.5, 0.6) is 0 Å². The Morgan fingerprint density at radius 3 is 2.71 bits per heavy atom. The highest BCUT2D eigenvalue weighted by Gasteiger charge is 2.18. The molecule has 1 N–H and O–H groups in total. The van der Waals surface area contributed by atoms with Crippen molar-refractivity contribution in [1.82, 2.24) is 20.3 Å². The zero-order valence-corrected chi connectivity index (χ0v) is 10.9. The Hall–Kier alpha value is -1.39. The minimum absolute atomic E-state index is 0.00287. The molecule has 1 unspecified atom stereocenters. The average molecular weight is 251 g/mol. The van der Waals surface area contributed by atoms with Crippen LogP contribution in [0.3, 0.4) is 0 Å². The van der Waals surface area contributed by atoms with E-state index in [0.717, 1.165) is 21.8 Å².